The molecule has 0 atom stereocenters. The Morgan fingerprint density at radius 3 is 2.47 bits per heavy atom. The van der Waals surface area contributed by atoms with Gasteiger partial charge in [0.05, 0.1) is 34.5 Å². The molecule has 0 aliphatic carbocycles. The van der Waals surface area contributed by atoms with Crippen molar-refractivity contribution < 1.29 is 4.39 Å². The summed E-state index contributed by atoms with van der Waals surface area (Å²) in [6.07, 6.45) is 6.81. The molecule has 0 amide bonds. The average molecular weight is 421 g/mol. The zero-order valence-corrected chi connectivity index (χ0v) is 16.7. The van der Waals surface area contributed by atoms with Crippen molar-refractivity contribution >= 4 is 27.5 Å². The summed E-state index contributed by atoms with van der Waals surface area (Å²) in [4.78, 5) is 16.6. The minimum atomic E-state index is -0.279. The van der Waals surface area contributed by atoms with E-state index >= 15 is 0 Å². The number of aromatic nitrogens is 6. The minimum absolute atomic E-state index is 0.279. The lowest BCUT2D eigenvalue weighted by Crippen LogP contribution is -1.89. The average Bonchev–Trinajstić information content (AvgIpc) is 3.43. The monoisotopic (exact) mass is 421 g/mol. The van der Waals surface area contributed by atoms with Gasteiger partial charge in [-0.1, -0.05) is 0 Å². The highest BCUT2D eigenvalue weighted by atomic mass is 19.1. The first kappa shape index (κ1) is 18.2. The second-order valence-corrected chi connectivity index (χ2v) is 7.50. The summed E-state index contributed by atoms with van der Waals surface area (Å²) in [5.74, 6) is -0.279. The molecule has 0 radical (unpaired) electrons. The number of rotatable bonds is 3. The van der Waals surface area contributed by atoms with Crippen LogP contribution >= 0.6 is 0 Å². The van der Waals surface area contributed by atoms with Crippen molar-refractivity contribution in [2.45, 2.75) is 0 Å². The molecule has 154 valence electrons. The number of anilines is 1. The lowest BCUT2D eigenvalue weighted by molar-refractivity contribution is 0.628. The molecule has 0 bridgehead atoms. The van der Waals surface area contributed by atoms with Crippen LogP contribution in [0.5, 0.6) is 0 Å². The minimum Gasteiger partial charge on any atom is -0.397 e. The van der Waals surface area contributed by atoms with Crippen LogP contribution in [0.3, 0.4) is 0 Å². The number of benzene rings is 1. The van der Waals surface area contributed by atoms with Crippen LogP contribution < -0.4 is 5.73 Å². The molecule has 5 aromatic heterocycles. The summed E-state index contributed by atoms with van der Waals surface area (Å²) in [5.41, 5.74) is 13.0. The molecule has 4 N–H and O–H groups in total. The maximum absolute atomic E-state index is 13.4. The zero-order chi connectivity index (χ0) is 21.7. The quantitative estimate of drug-likeness (QED) is 0.374. The van der Waals surface area contributed by atoms with E-state index in [4.69, 9.17) is 5.73 Å². The molecular formula is C24H16FN7. The predicted molar refractivity (Wildman–Crippen MR) is 122 cm³/mol. The van der Waals surface area contributed by atoms with Crippen LogP contribution in [-0.4, -0.2) is 30.1 Å². The van der Waals surface area contributed by atoms with Crippen LogP contribution in [0.2, 0.25) is 0 Å². The topological polar surface area (TPSA) is 109 Å². The lowest BCUT2D eigenvalue weighted by atomic mass is 10.1. The van der Waals surface area contributed by atoms with Gasteiger partial charge in [0.2, 0.25) is 0 Å². The molecule has 5 heterocycles. The normalized spacial score (nSPS) is 11.4. The first-order valence-corrected chi connectivity index (χ1v) is 9.95. The van der Waals surface area contributed by atoms with Crippen LogP contribution in [0, 0.1) is 5.82 Å². The number of H-pyrrole nitrogens is 2. The Kier molecular flexibility index (Phi) is 3.97. The molecule has 6 rings (SSSR count). The van der Waals surface area contributed by atoms with Gasteiger partial charge in [-0.25, -0.2) is 4.39 Å². The predicted octanol–water partition coefficient (Wildman–Crippen LogP) is 4.95. The van der Waals surface area contributed by atoms with E-state index in [0.717, 1.165) is 55.7 Å². The molecule has 0 unspecified atom stereocenters. The van der Waals surface area contributed by atoms with E-state index in [1.807, 2.05) is 24.3 Å². The maximum atomic E-state index is 13.4. The number of nitrogens with two attached hydrogens (primary N) is 1. The number of nitrogen functional groups attached to an aromatic ring is 1. The highest BCUT2D eigenvalue weighted by molar-refractivity contribution is 6.00. The highest BCUT2D eigenvalue weighted by Crippen LogP contribution is 2.33. The Labute approximate surface area is 181 Å². The molecule has 0 saturated carbocycles. The summed E-state index contributed by atoms with van der Waals surface area (Å²) in [6.45, 7) is 0. The van der Waals surface area contributed by atoms with E-state index in [-0.39, 0.29) is 5.82 Å². The Morgan fingerprint density at radius 1 is 0.781 bits per heavy atom. The van der Waals surface area contributed by atoms with Crippen molar-refractivity contribution in [3.63, 3.8) is 0 Å². The second kappa shape index (κ2) is 6.98. The van der Waals surface area contributed by atoms with Crippen LogP contribution in [0.1, 0.15) is 0 Å². The Morgan fingerprint density at radius 2 is 1.62 bits per heavy atom. The molecule has 8 heteroatoms. The van der Waals surface area contributed by atoms with Gasteiger partial charge in [0.1, 0.15) is 11.5 Å². The fourth-order valence-electron chi connectivity index (χ4n) is 3.90. The maximum Gasteiger partial charge on any atom is 0.123 e. The van der Waals surface area contributed by atoms with Gasteiger partial charge in [0.15, 0.2) is 0 Å². The first-order chi connectivity index (χ1) is 15.7. The summed E-state index contributed by atoms with van der Waals surface area (Å²) in [5, 5.41) is 9.41. The van der Waals surface area contributed by atoms with Gasteiger partial charge in [-0.3, -0.25) is 20.1 Å². The third-order valence-corrected chi connectivity index (χ3v) is 5.42. The van der Waals surface area contributed by atoms with Crippen molar-refractivity contribution in [2.24, 2.45) is 0 Å². The van der Waals surface area contributed by atoms with Crippen molar-refractivity contribution in [1.82, 2.24) is 30.1 Å². The zero-order valence-electron chi connectivity index (χ0n) is 16.7. The van der Waals surface area contributed by atoms with E-state index in [9.17, 15) is 4.39 Å². The molecule has 7 nitrogen and oxygen atoms in total. The third kappa shape index (κ3) is 2.97. The van der Waals surface area contributed by atoms with Gasteiger partial charge in [-0.2, -0.15) is 5.10 Å². The Hall–Kier alpha value is -4.59. The van der Waals surface area contributed by atoms with Crippen molar-refractivity contribution in [3.05, 3.63) is 79.1 Å². The Bertz CT molecular complexity index is 1600. The number of pyridine rings is 3. The van der Waals surface area contributed by atoms with E-state index in [0.29, 0.717) is 5.69 Å². The number of hydrogen-bond donors (Lipinski definition) is 3. The molecule has 0 aliphatic heterocycles. The number of fused-ring (bicyclic) bond motifs is 2. The largest absolute Gasteiger partial charge is 0.397 e. The summed E-state index contributed by atoms with van der Waals surface area (Å²) < 4.78 is 13.4. The van der Waals surface area contributed by atoms with Gasteiger partial charge in [0.25, 0.3) is 0 Å². The lowest BCUT2D eigenvalue weighted by Gasteiger charge is -2.02. The summed E-state index contributed by atoms with van der Waals surface area (Å²) in [7, 11) is 0. The molecule has 0 spiro atoms. The molecule has 0 fully saturated rings. The number of nitrogens with zero attached hydrogens (tertiary/aromatic N) is 4. The second-order valence-electron chi connectivity index (χ2n) is 7.50. The summed E-state index contributed by atoms with van der Waals surface area (Å²) >= 11 is 0. The van der Waals surface area contributed by atoms with Crippen molar-refractivity contribution in [1.29, 1.82) is 0 Å². The molecular weight excluding hydrogens is 405 g/mol. The van der Waals surface area contributed by atoms with Gasteiger partial charge < -0.3 is 10.7 Å². The van der Waals surface area contributed by atoms with Gasteiger partial charge in [-0.05, 0) is 48.5 Å². The third-order valence-electron chi connectivity index (χ3n) is 5.42. The number of aromatic amines is 2. The van der Waals surface area contributed by atoms with Crippen LogP contribution in [0.15, 0.2) is 73.3 Å². The molecule has 0 aliphatic rings. The van der Waals surface area contributed by atoms with Gasteiger partial charge >= 0.3 is 0 Å². The van der Waals surface area contributed by atoms with Gasteiger partial charge in [0, 0.05) is 46.0 Å². The standard InChI is InChI=1S/C24H16FN7/c25-15-3-1-13(2-4-15)23-17-9-21(30-19(17)5-6-28-23)24-18-8-20(29-12-22(18)31-32-24)14-7-16(26)11-27-10-14/h1-12,30H,26H2,(H,31,32). The number of hydrogen-bond acceptors (Lipinski definition) is 5. The number of halogens is 1. The fraction of sp³-hybridized carbons (Fsp3) is 0. The SMILES string of the molecule is Nc1cncc(-c2cc3c(-c4cc5c(-c6ccc(F)cc6)nccc5[nH]4)n[nH]c3cn2)c1. The van der Waals surface area contributed by atoms with Crippen molar-refractivity contribution in [2.75, 3.05) is 5.73 Å². The highest BCUT2D eigenvalue weighted by Gasteiger charge is 2.15. The first-order valence-electron chi connectivity index (χ1n) is 9.95. The summed E-state index contributed by atoms with van der Waals surface area (Å²) in [6, 6.07) is 14.1. The van der Waals surface area contributed by atoms with Crippen molar-refractivity contribution in [3.8, 4) is 33.9 Å². The van der Waals surface area contributed by atoms with Crippen LogP contribution in [-0.2, 0) is 0 Å². The van der Waals surface area contributed by atoms with Crippen LogP contribution in [0.4, 0.5) is 10.1 Å². The van der Waals surface area contributed by atoms with E-state index < -0.39 is 0 Å². The van der Waals surface area contributed by atoms with Gasteiger partial charge in [-0.15, -0.1) is 0 Å². The molecule has 32 heavy (non-hydrogen) atoms. The van der Waals surface area contributed by atoms with E-state index in [2.05, 4.69) is 30.1 Å². The fourth-order valence-corrected chi connectivity index (χ4v) is 3.90. The van der Waals surface area contributed by atoms with E-state index in [1.165, 1.54) is 12.1 Å². The molecule has 1 aromatic carbocycles. The van der Waals surface area contributed by atoms with E-state index in [1.54, 1.807) is 36.9 Å². The smallest absolute Gasteiger partial charge is 0.123 e. The Balaban J connectivity index is 1.50. The molecule has 0 saturated heterocycles. The molecule has 6 aromatic rings. The number of nitrogens with one attached hydrogen (secondary N) is 2. The van der Waals surface area contributed by atoms with Crippen LogP contribution in [0.25, 0.3) is 55.7 Å².